The number of ketones is 2. The molecule has 6 unspecified atom stereocenters. The summed E-state index contributed by atoms with van der Waals surface area (Å²) in [6.45, 7) is 7.05. The van der Waals surface area contributed by atoms with E-state index in [1.807, 2.05) is 75.5 Å². The minimum Gasteiger partial charge on any atom is -0.423 e. The third-order valence-corrected chi connectivity index (χ3v) is 30.9. The normalized spacial score (nSPS) is 34.8. The summed E-state index contributed by atoms with van der Waals surface area (Å²) in [7, 11) is -1.40. The average Bonchev–Trinajstić information content (AvgIpc) is 1.65. The third-order valence-electron chi connectivity index (χ3n) is 29.8. The van der Waals surface area contributed by atoms with Crippen molar-refractivity contribution in [3.8, 4) is 11.1 Å². The number of benzene rings is 3. The van der Waals surface area contributed by atoms with Crippen LogP contribution in [0.3, 0.4) is 0 Å². The third kappa shape index (κ3) is 16.6. The van der Waals surface area contributed by atoms with Crippen molar-refractivity contribution in [2.24, 2.45) is 51.8 Å². The number of ether oxygens (including phenoxy) is 2. The van der Waals surface area contributed by atoms with Gasteiger partial charge in [0.15, 0.2) is 17.4 Å². The van der Waals surface area contributed by atoms with Crippen molar-refractivity contribution in [1.82, 2.24) is 9.97 Å². The standard InChI is InChI=1S/C32H32F3NO2.C29H34BrF3O4.C27H28BrF3O2.C5H6BNO2/c1-30-18-27(21-6-4-20(5-7-21)23-3-2-16-36-19-23)29-25-11-9-24(37)17-22(25)8-10-26(29)28(30)12-13-31(30,38)14-15-32(33,34)35;1-25-16-21(18-2-4-19(30)5-3-18)24-20(22(25)7-10-27(25,35)12-13-29(31,32)33)6-9-26(34)17-28(11-8-23(24)26)36-14-15-37-28;1-25-15-22(16-2-5-18(28)6-3-16)24-20-9-7-19(32)14-17(20)4-8-21(24)23(25)10-11-26(25,33)12-13-27(29,30)31;8-6(9)5-2-1-3-7-4-5/h2-7,14-17,19,26-28,38H,8-13,18H2,1H3;2-5,12-13,20-22,34-35H,6-11,14-17H2,1H3;2-3,5-6,12-14,21-23,33H,4,7-11,15H2,1H3;1-4,8-9H/b15-14+;2*13-12+;/t26?,27-,28?,30+,31-;20?,21-,22?,25+,26-,27-;21?,22-,23?,25+,26-;/m111./s1. The molecule has 12 aliphatic carbocycles. The van der Waals surface area contributed by atoms with Gasteiger partial charge in [-0.2, -0.15) is 39.5 Å². The molecular formula is C93H100BBr2F9N2O10. The van der Waals surface area contributed by atoms with Gasteiger partial charge in [0, 0.05) is 117 Å². The summed E-state index contributed by atoms with van der Waals surface area (Å²) in [6.07, 6.45) is 14.2. The molecule has 13 aliphatic rings. The van der Waals surface area contributed by atoms with Gasteiger partial charge >= 0.3 is 25.6 Å². The van der Waals surface area contributed by atoms with Crippen LogP contribution >= 0.6 is 31.9 Å². The molecule has 5 aromatic rings. The molecule has 3 aromatic carbocycles. The Balaban J connectivity index is 0.000000130. The van der Waals surface area contributed by atoms with Gasteiger partial charge in [0.25, 0.3) is 0 Å². The lowest BCUT2D eigenvalue weighted by Gasteiger charge is -2.57. The number of hydrogen-bond acceptors (Lipinski definition) is 12. The second-order valence-electron chi connectivity index (χ2n) is 35.8. The van der Waals surface area contributed by atoms with Crippen LogP contribution < -0.4 is 5.46 Å². The van der Waals surface area contributed by atoms with Crippen molar-refractivity contribution in [3.63, 3.8) is 0 Å². The molecule has 8 fully saturated rings. The van der Waals surface area contributed by atoms with E-state index in [0.717, 1.165) is 117 Å². The van der Waals surface area contributed by atoms with Crippen LogP contribution in [0.1, 0.15) is 196 Å². The fourth-order valence-corrected chi connectivity index (χ4v) is 24.8. The van der Waals surface area contributed by atoms with Crippen molar-refractivity contribution < 1.29 is 89.1 Å². The molecule has 3 heterocycles. The smallest absolute Gasteiger partial charge is 0.423 e. The predicted molar refractivity (Wildman–Crippen MR) is 434 cm³/mol. The van der Waals surface area contributed by atoms with Gasteiger partial charge in [0.1, 0.15) is 0 Å². The Kier molecular flexibility index (Phi) is 23.5. The fourth-order valence-electron chi connectivity index (χ4n) is 24.2. The molecule has 16 atom stereocenters. The summed E-state index contributed by atoms with van der Waals surface area (Å²) >= 11 is 7.01. The molecule has 24 heteroatoms. The largest absolute Gasteiger partial charge is 0.490 e. The zero-order valence-electron chi connectivity index (χ0n) is 65.8. The molecule has 1 saturated heterocycles. The van der Waals surface area contributed by atoms with Gasteiger partial charge in [-0.25, -0.2) is 0 Å². The number of pyridine rings is 2. The summed E-state index contributed by atoms with van der Waals surface area (Å²) < 4.78 is 132. The van der Waals surface area contributed by atoms with Gasteiger partial charge in [0.05, 0.1) is 35.6 Å². The van der Waals surface area contributed by atoms with E-state index in [0.29, 0.717) is 115 Å². The van der Waals surface area contributed by atoms with Gasteiger partial charge in [-0.15, -0.1) is 0 Å². The minimum atomic E-state index is -4.47. The average molecular weight is 1750 g/mol. The number of hydrogen-bond donors (Lipinski definition) is 6. The number of carbonyl (C=O) groups is 2. The number of nitrogens with zero attached hydrogens (tertiary/aromatic N) is 2. The fraction of sp³-hybridized carbons (Fsp3) is 0.505. The van der Waals surface area contributed by atoms with Crippen LogP contribution in [-0.2, 0) is 19.1 Å². The summed E-state index contributed by atoms with van der Waals surface area (Å²) in [4.78, 5) is 32.2. The Morgan fingerprint density at radius 3 is 1.25 bits per heavy atom. The first-order valence-electron chi connectivity index (χ1n) is 41.2. The summed E-state index contributed by atoms with van der Waals surface area (Å²) in [5.74, 6) is 0.291. The first kappa shape index (κ1) is 85.3. The van der Waals surface area contributed by atoms with Crippen molar-refractivity contribution in [2.75, 3.05) is 13.2 Å². The Morgan fingerprint density at radius 1 is 0.462 bits per heavy atom. The molecule has 117 heavy (non-hydrogen) atoms. The van der Waals surface area contributed by atoms with Crippen LogP contribution in [0.15, 0.2) is 224 Å². The monoisotopic (exact) mass is 1740 g/mol. The number of fused-ring (bicyclic) bond motifs is 12. The van der Waals surface area contributed by atoms with E-state index in [9.17, 15) is 69.5 Å². The highest BCUT2D eigenvalue weighted by molar-refractivity contribution is 9.10. The molecule has 2 aromatic heterocycles. The molecule has 0 bridgehead atoms. The van der Waals surface area contributed by atoms with Crippen LogP contribution in [0.5, 0.6) is 0 Å². The van der Waals surface area contributed by atoms with E-state index in [4.69, 9.17) is 19.5 Å². The van der Waals surface area contributed by atoms with Gasteiger partial charge in [-0.1, -0.05) is 130 Å². The van der Waals surface area contributed by atoms with Gasteiger partial charge in [0.2, 0.25) is 0 Å². The van der Waals surface area contributed by atoms with Crippen molar-refractivity contribution in [1.29, 1.82) is 0 Å². The van der Waals surface area contributed by atoms with Crippen LogP contribution in [-0.4, -0.2) is 119 Å². The summed E-state index contributed by atoms with van der Waals surface area (Å²) in [6, 6.07) is 31.8. The van der Waals surface area contributed by atoms with Gasteiger partial charge in [-0.3, -0.25) is 19.6 Å². The molecule has 18 rings (SSSR count). The lowest BCUT2D eigenvalue weighted by molar-refractivity contribution is -0.208. The highest BCUT2D eigenvalue weighted by Crippen LogP contribution is 2.72. The maximum Gasteiger partial charge on any atom is 0.490 e. The number of aliphatic hydroxyl groups is 4. The Morgan fingerprint density at radius 2 is 0.863 bits per heavy atom. The Bertz CT molecular complexity index is 4830. The van der Waals surface area contributed by atoms with Crippen LogP contribution in [0.2, 0.25) is 0 Å². The van der Waals surface area contributed by atoms with Crippen molar-refractivity contribution >= 4 is 56.0 Å². The quantitative estimate of drug-likeness (QED) is 0.0489. The molecule has 6 N–H and O–H groups in total. The number of carbonyl (C=O) groups excluding carboxylic acids is 2. The van der Waals surface area contributed by atoms with E-state index in [1.54, 1.807) is 24.5 Å². The Labute approximate surface area is 694 Å². The molecular weight excluding hydrogens is 1650 g/mol. The second kappa shape index (κ2) is 32.3. The highest BCUT2D eigenvalue weighted by Gasteiger charge is 2.67. The lowest BCUT2D eigenvalue weighted by atomic mass is 9.49. The SMILES string of the molecule is C[C@]12C[C@H](c3ccc(-c4cccnc4)cc3)C3=C4CCC(=O)C=C4CCC3C1CC[C@@]2(O)/C=C/C(F)(F)F.C[C@]12C[C@H](c3ccc(Br)cc3)C3=C4CCC(=O)C=C4CCC3C1CC[C@@]2(O)/C=C/C(F)(F)F.C[C@]12C[C@H](c3ccc(Br)cc3)C3=C4CCC5(C[C@]4(O)CCC3C1CC[C@@]2(O)/C=C/C(F)(F)F)OCCO5.OB(O)c1cccnc1. The maximum atomic E-state index is 13.2. The van der Waals surface area contributed by atoms with E-state index < -0.39 is 70.1 Å². The molecule has 0 amide bonds. The molecule has 1 spiro atoms. The Hall–Kier alpha value is -6.71. The topological polar surface area (TPSA) is 200 Å². The number of halogens is 11. The summed E-state index contributed by atoms with van der Waals surface area (Å²) in [5.41, 5.74) is 8.07. The number of rotatable bonds is 8. The number of allylic oxidation sites excluding steroid dienone is 12. The first-order chi connectivity index (χ1) is 55.3. The number of aromatic nitrogens is 2. The van der Waals surface area contributed by atoms with E-state index in [-0.39, 0.29) is 83.1 Å². The van der Waals surface area contributed by atoms with E-state index >= 15 is 0 Å². The molecule has 622 valence electrons. The van der Waals surface area contributed by atoms with E-state index in [1.165, 1.54) is 34.1 Å². The lowest BCUT2D eigenvalue weighted by Crippen LogP contribution is -2.55. The zero-order valence-corrected chi connectivity index (χ0v) is 69.0. The molecule has 1 aliphatic heterocycles. The van der Waals surface area contributed by atoms with Crippen LogP contribution in [0, 0.1) is 51.8 Å². The highest BCUT2D eigenvalue weighted by atomic mass is 79.9. The van der Waals surface area contributed by atoms with Crippen molar-refractivity contribution in [2.45, 2.75) is 227 Å². The maximum absolute atomic E-state index is 13.2. The zero-order chi connectivity index (χ0) is 83.3. The van der Waals surface area contributed by atoms with E-state index in [2.05, 4.69) is 90.4 Å². The molecule has 12 nitrogen and oxygen atoms in total. The van der Waals surface area contributed by atoms with Crippen LogP contribution in [0.4, 0.5) is 39.5 Å². The first-order valence-corrected chi connectivity index (χ1v) is 42.8. The van der Waals surface area contributed by atoms with Crippen LogP contribution in [0.25, 0.3) is 11.1 Å². The van der Waals surface area contributed by atoms with Gasteiger partial charge < -0.3 is 39.9 Å². The number of alkyl halides is 9. The summed E-state index contributed by atoms with van der Waals surface area (Å²) in [5, 5.41) is 64.2. The molecule has 7 saturated carbocycles. The molecule has 0 radical (unpaired) electrons. The predicted octanol–water partition coefficient (Wildman–Crippen LogP) is 20.0. The minimum absolute atomic E-state index is 0.0140. The second-order valence-corrected chi connectivity index (χ2v) is 37.6. The van der Waals surface area contributed by atoms with Gasteiger partial charge in [-0.05, 0) is 274 Å². The van der Waals surface area contributed by atoms with Crippen molar-refractivity contribution in [3.05, 3.63) is 241 Å².